The van der Waals surface area contributed by atoms with Gasteiger partial charge in [0.1, 0.15) is 0 Å². The van der Waals surface area contributed by atoms with Crippen LogP contribution in [0.2, 0.25) is 0 Å². The van der Waals surface area contributed by atoms with E-state index in [1.807, 2.05) is 36.4 Å². The zero-order valence-electron chi connectivity index (χ0n) is 11.4. The Kier molecular flexibility index (Phi) is 4.90. The Labute approximate surface area is 128 Å². The average Bonchev–Trinajstić information content (AvgIpc) is 2.55. The van der Waals surface area contributed by atoms with Crippen molar-refractivity contribution in [1.82, 2.24) is 0 Å². The van der Waals surface area contributed by atoms with Crippen molar-refractivity contribution in [3.63, 3.8) is 0 Å². The van der Waals surface area contributed by atoms with Crippen LogP contribution < -0.4 is 0 Å². The molecule has 0 unspecified atom stereocenters. The summed E-state index contributed by atoms with van der Waals surface area (Å²) in [6, 6.07) is 18.2. The molecule has 2 nitrogen and oxygen atoms in total. The molecular formula is C18H14O2S. The van der Waals surface area contributed by atoms with Gasteiger partial charge in [-0.2, -0.15) is 0 Å². The van der Waals surface area contributed by atoms with Gasteiger partial charge in [0.2, 0.25) is 10.2 Å². The summed E-state index contributed by atoms with van der Waals surface area (Å²) in [4.78, 5) is 24.2. The van der Waals surface area contributed by atoms with Gasteiger partial charge in [-0.15, -0.1) is 0 Å². The molecule has 2 aromatic carbocycles. The predicted octanol–water partition coefficient (Wildman–Crippen LogP) is 4.20. The molecule has 0 aliphatic heterocycles. The molecular weight excluding hydrogens is 280 g/mol. The first-order valence-corrected chi connectivity index (χ1v) is 7.16. The van der Waals surface area contributed by atoms with E-state index >= 15 is 0 Å². The molecule has 0 fully saturated rings. The summed E-state index contributed by atoms with van der Waals surface area (Å²) in [6.07, 6.45) is 0. The minimum Gasteiger partial charge on any atom is -0.281 e. The number of rotatable bonds is 4. The van der Waals surface area contributed by atoms with Crippen LogP contribution in [0, 0.1) is 0 Å². The molecule has 0 aliphatic carbocycles. The molecule has 0 amide bonds. The van der Waals surface area contributed by atoms with Gasteiger partial charge < -0.3 is 0 Å². The number of carbonyl (C=O) groups excluding carboxylic acids is 2. The largest absolute Gasteiger partial charge is 0.281 e. The quantitative estimate of drug-likeness (QED) is 0.793. The molecule has 3 heteroatoms. The molecule has 0 spiro atoms. The first-order chi connectivity index (χ1) is 10.1. The van der Waals surface area contributed by atoms with E-state index in [1.54, 1.807) is 24.3 Å². The van der Waals surface area contributed by atoms with Crippen molar-refractivity contribution in [2.75, 3.05) is 0 Å². The van der Waals surface area contributed by atoms with E-state index in [9.17, 15) is 9.59 Å². The SMILES string of the molecule is C=C(C(=O)SC(=O)C(=C)c1ccccc1)c1ccccc1. The molecule has 0 heterocycles. The van der Waals surface area contributed by atoms with Crippen LogP contribution in [-0.2, 0) is 9.59 Å². The molecule has 2 rings (SSSR count). The summed E-state index contributed by atoms with van der Waals surface area (Å²) >= 11 is 0.629. The van der Waals surface area contributed by atoms with Crippen LogP contribution in [0.3, 0.4) is 0 Å². The molecule has 0 atom stereocenters. The van der Waals surface area contributed by atoms with Crippen LogP contribution in [0.25, 0.3) is 11.1 Å². The Bertz CT molecular complexity index is 626. The van der Waals surface area contributed by atoms with Gasteiger partial charge in [0.15, 0.2) is 0 Å². The lowest BCUT2D eigenvalue weighted by Crippen LogP contribution is -2.03. The van der Waals surface area contributed by atoms with Crippen molar-refractivity contribution in [1.29, 1.82) is 0 Å². The highest BCUT2D eigenvalue weighted by atomic mass is 32.2. The van der Waals surface area contributed by atoms with E-state index in [-0.39, 0.29) is 10.2 Å². The molecule has 21 heavy (non-hydrogen) atoms. The lowest BCUT2D eigenvalue weighted by molar-refractivity contribution is -0.108. The molecule has 104 valence electrons. The summed E-state index contributed by atoms with van der Waals surface area (Å²) in [6.45, 7) is 7.52. The van der Waals surface area contributed by atoms with Crippen molar-refractivity contribution < 1.29 is 9.59 Å². The number of carbonyl (C=O) groups is 2. The van der Waals surface area contributed by atoms with Gasteiger partial charge in [0.05, 0.1) is 0 Å². The summed E-state index contributed by atoms with van der Waals surface area (Å²) in [5.41, 5.74) is 2.06. The molecule has 0 N–H and O–H groups in total. The van der Waals surface area contributed by atoms with Crippen molar-refractivity contribution >= 4 is 33.1 Å². The number of benzene rings is 2. The van der Waals surface area contributed by atoms with Gasteiger partial charge in [-0.05, 0) is 22.9 Å². The second-order valence-electron chi connectivity index (χ2n) is 4.37. The fourth-order valence-electron chi connectivity index (χ4n) is 1.72. The van der Waals surface area contributed by atoms with Gasteiger partial charge in [0, 0.05) is 11.1 Å². The summed E-state index contributed by atoms with van der Waals surface area (Å²) in [7, 11) is 0. The zero-order chi connectivity index (χ0) is 15.2. The van der Waals surface area contributed by atoms with Gasteiger partial charge in [0.25, 0.3) is 0 Å². The van der Waals surface area contributed by atoms with E-state index in [1.165, 1.54) is 0 Å². The third kappa shape index (κ3) is 3.80. The molecule has 0 aromatic heterocycles. The summed E-state index contributed by atoms with van der Waals surface area (Å²) in [5.74, 6) is 0. The fourth-order valence-corrected chi connectivity index (χ4v) is 2.37. The second kappa shape index (κ2) is 6.86. The Morgan fingerprint density at radius 2 is 1.00 bits per heavy atom. The van der Waals surface area contributed by atoms with E-state index < -0.39 is 0 Å². The van der Waals surface area contributed by atoms with E-state index in [0.717, 1.165) is 0 Å². The van der Waals surface area contributed by atoms with Gasteiger partial charge in [-0.3, -0.25) is 9.59 Å². The van der Waals surface area contributed by atoms with E-state index in [2.05, 4.69) is 13.2 Å². The maximum absolute atomic E-state index is 12.1. The highest BCUT2D eigenvalue weighted by Gasteiger charge is 2.18. The predicted molar refractivity (Wildman–Crippen MR) is 88.6 cm³/mol. The van der Waals surface area contributed by atoms with Crippen LogP contribution in [0.15, 0.2) is 73.8 Å². The number of hydrogen-bond donors (Lipinski definition) is 0. The normalized spacial score (nSPS) is 9.90. The minimum absolute atomic E-state index is 0.315. The van der Waals surface area contributed by atoms with Crippen LogP contribution in [0.5, 0.6) is 0 Å². The minimum atomic E-state index is -0.358. The monoisotopic (exact) mass is 294 g/mol. The Morgan fingerprint density at radius 1 is 0.667 bits per heavy atom. The van der Waals surface area contributed by atoms with Crippen LogP contribution in [0.4, 0.5) is 0 Å². The third-order valence-electron chi connectivity index (χ3n) is 2.92. The number of hydrogen-bond acceptors (Lipinski definition) is 3. The van der Waals surface area contributed by atoms with E-state index in [0.29, 0.717) is 34.0 Å². The van der Waals surface area contributed by atoms with Crippen molar-refractivity contribution in [3.05, 3.63) is 84.9 Å². The lowest BCUT2D eigenvalue weighted by atomic mass is 10.1. The molecule has 0 aliphatic rings. The van der Waals surface area contributed by atoms with E-state index in [4.69, 9.17) is 0 Å². The van der Waals surface area contributed by atoms with Gasteiger partial charge >= 0.3 is 0 Å². The first kappa shape index (κ1) is 15.0. The molecule has 0 bridgehead atoms. The molecule has 0 saturated carbocycles. The molecule has 2 aromatic rings. The molecule has 0 radical (unpaired) electrons. The fraction of sp³-hybridized carbons (Fsp3) is 0. The number of thioether (sulfide) groups is 1. The van der Waals surface area contributed by atoms with Crippen LogP contribution in [-0.4, -0.2) is 10.2 Å². The Hall–Kier alpha value is -2.39. The first-order valence-electron chi connectivity index (χ1n) is 6.34. The second-order valence-corrected chi connectivity index (χ2v) is 5.31. The molecule has 0 saturated heterocycles. The average molecular weight is 294 g/mol. The standard InChI is InChI=1S/C18H14O2S/c1-13(15-9-5-3-6-10-15)17(19)21-18(20)14(2)16-11-7-4-8-12-16/h3-12H,1-2H2. The van der Waals surface area contributed by atoms with Crippen LogP contribution >= 0.6 is 11.8 Å². The van der Waals surface area contributed by atoms with Crippen molar-refractivity contribution in [3.8, 4) is 0 Å². The zero-order valence-corrected chi connectivity index (χ0v) is 12.2. The Morgan fingerprint density at radius 3 is 1.33 bits per heavy atom. The van der Waals surface area contributed by atoms with Crippen LogP contribution in [0.1, 0.15) is 11.1 Å². The maximum atomic E-state index is 12.1. The van der Waals surface area contributed by atoms with Gasteiger partial charge in [-0.25, -0.2) is 0 Å². The maximum Gasteiger partial charge on any atom is 0.227 e. The third-order valence-corrected chi connectivity index (χ3v) is 3.79. The van der Waals surface area contributed by atoms with Crippen molar-refractivity contribution in [2.24, 2.45) is 0 Å². The highest BCUT2D eigenvalue weighted by molar-refractivity contribution is 8.27. The summed E-state index contributed by atoms with van der Waals surface area (Å²) < 4.78 is 0. The topological polar surface area (TPSA) is 34.1 Å². The Balaban J connectivity index is 2.05. The highest BCUT2D eigenvalue weighted by Crippen LogP contribution is 2.25. The van der Waals surface area contributed by atoms with Gasteiger partial charge in [-0.1, -0.05) is 73.8 Å². The summed E-state index contributed by atoms with van der Waals surface area (Å²) in [5, 5.41) is -0.716. The smallest absolute Gasteiger partial charge is 0.227 e. The lowest BCUT2D eigenvalue weighted by Gasteiger charge is -2.06. The van der Waals surface area contributed by atoms with Crippen molar-refractivity contribution in [2.45, 2.75) is 0 Å².